The maximum Gasteiger partial charge on any atom is 0.341 e. The van der Waals surface area contributed by atoms with E-state index in [1.807, 2.05) is 0 Å². The number of anilines is 1. The van der Waals surface area contributed by atoms with Crippen LogP contribution in [0.15, 0.2) is 23.1 Å². The van der Waals surface area contributed by atoms with E-state index >= 15 is 0 Å². The maximum atomic E-state index is 13.8. The summed E-state index contributed by atoms with van der Waals surface area (Å²) >= 11 is 0. The second kappa shape index (κ2) is 6.53. The summed E-state index contributed by atoms with van der Waals surface area (Å²) in [5.74, 6) is -0.851. The number of aromatic carboxylic acids is 1. The molecule has 0 bridgehead atoms. The molecule has 2 heterocycles. The number of hydrogen-bond donors (Lipinski definition) is 2. The van der Waals surface area contributed by atoms with Crippen molar-refractivity contribution in [3.8, 4) is 5.75 Å². The van der Waals surface area contributed by atoms with Crippen molar-refractivity contribution in [2.75, 3.05) is 25.1 Å². The molecule has 2 aliphatic rings. The van der Waals surface area contributed by atoms with Gasteiger partial charge in [0.15, 0.2) is 5.75 Å². The van der Waals surface area contributed by atoms with Gasteiger partial charge in [0.2, 0.25) is 5.43 Å². The second-order valence-corrected chi connectivity index (χ2v) is 7.24. The molecular weight excluding hydrogens is 353 g/mol. The van der Waals surface area contributed by atoms with E-state index in [9.17, 15) is 19.1 Å². The molecule has 1 aromatic carbocycles. The van der Waals surface area contributed by atoms with Crippen molar-refractivity contribution >= 4 is 22.6 Å². The van der Waals surface area contributed by atoms with Crippen molar-refractivity contribution in [2.24, 2.45) is 5.73 Å². The highest BCUT2D eigenvalue weighted by atomic mass is 19.1. The Bertz CT molecular complexity index is 966. The van der Waals surface area contributed by atoms with E-state index in [0.717, 1.165) is 31.6 Å². The van der Waals surface area contributed by atoms with Crippen LogP contribution in [0.2, 0.25) is 0 Å². The van der Waals surface area contributed by atoms with E-state index < -0.39 is 23.6 Å². The predicted octanol–water partition coefficient (Wildman–Crippen LogP) is 1.92. The molecule has 2 fully saturated rings. The fourth-order valence-electron chi connectivity index (χ4n) is 3.85. The molecule has 0 amide bonds. The van der Waals surface area contributed by atoms with Gasteiger partial charge in [0, 0.05) is 31.7 Å². The van der Waals surface area contributed by atoms with Crippen molar-refractivity contribution in [2.45, 2.75) is 37.5 Å². The topological polar surface area (TPSA) is 97.8 Å². The van der Waals surface area contributed by atoms with Crippen LogP contribution in [-0.2, 0) is 0 Å². The Kier molecular flexibility index (Phi) is 4.30. The predicted molar refractivity (Wildman–Crippen MR) is 99.7 cm³/mol. The van der Waals surface area contributed by atoms with E-state index in [-0.39, 0.29) is 17.0 Å². The third kappa shape index (κ3) is 2.93. The van der Waals surface area contributed by atoms with E-state index in [1.54, 1.807) is 16.7 Å². The van der Waals surface area contributed by atoms with Crippen LogP contribution in [0.3, 0.4) is 0 Å². The summed E-state index contributed by atoms with van der Waals surface area (Å²) in [7, 11) is 1.51. The molecule has 8 heteroatoms. The summed E-state index contributed by atoms with van der Waals surface area (Å²) in [6, 6.07) is 3.07. The molecule has 2 unspecified atom stereocenters. The number of pyridine rings is 1. The van der Waals surface area contributed by atoms with Crippen molar-refractivity contribution in [1.82, 2.24) is 4.57 Å². The molecule has 1 saturated carbocycles. The number of carboxylic acid groups (broad SMARTS) is 1. The second-order valence-electron chi connectivity index (χ2n) is 7.24. The Balaban J connectivity index is 1.95. The van der Waals surface area contributed by atoms with Crippen molar-refractivity contribution < 1.29 is 19.0 Å². The highest BCUT2D eigenvalue weighted by Gasteiger charge is 2.41. The zero-order valence-corrected chi connectivity index (χ0v) is 15.0. The molecule has 3 N–H and O–H groups in total. The number of hydrogen-bond acceptors (Lipinski definition) is 5. The minimum Gasteiger partial charge on any atom is -0.492 e. The van der Waals surface area contributed by atoms with Crippen molar-refractivity contribution in [1.29, 1.82) is 0 Å². The number of halogens is 1. The van der Waals surface area contributed by atoms with Gasteiger partial charge >= 0.3 is 5.97 Å². The van der Waals surface area contributed by atoms with Crippen LogP contribution in [-0.4, -0.2) is 48.1 Å². The molecule has 1 aromatic heterocycles. The number of benzene rings is 1. The minimum absolute atomic E-state index is 0.169. The van der Waals surface area contributed by atoms with E-state index in [1.165, 1.54) is 13.3 Å². The molecule has 1 aliphatic carbocycles. The lowest BCUT2D eigenvalue weighted by Gasteiger charge is -2.33. The quantitative estimate of drug-likeness (QED) is 0.847. The lowest BCUT2D eigenvalue weighted by atomic mass is 10.0. The molecule has 7 nitrogen and oxygen atoms in total. The standard InChI is InChI=1S/C19H22FN3O4/c1-27-18-14(22-6-4-10(21)5-7-22)3-2-11-16(18)23(15-8-13(15)20)9-12(17(11)24)19(25)26/h2-3,9-10,13,15H,4-8,21H2,1H3,(H,25,26). The van der Waals surface area contributed by atoms with Crippen LogP contribution in [0.5, 0.6) is 5.75 Å². The third-order valence-corrected chi connectivity index (χ3v) is 5.48. The molecule has 4 rings (SSSR count). The normalized spacial score (nSPS) is 22.9. The Labute approximate surface area is 155 Å². The summed E-state index contributed by atoms with van der Waals surface area (Å²) in [6.45, 7) is 1.52. The minimum atomic E-state index is -1.32. The van der Waals surface area contributed by atoms with E-state index in [4.69, 9.17) is 10.5 Å². The first-order valence-electron chi connectivity index (χ1n) is 9.06. The number of alkyl halides is 1. The Morgan fingerprint density at radius 1 is 1.33 bits per heavy atom. The molecule has 2 aromatic rings. The van der Waals surface area contributed by atoms with Crippen LogP contribution < -0.4 is 20.8 Å². The number of nitrogens with two attached hydrogens (primary N) is 1. The summed E-state index contributed by atoms with van der Waals surface area (Å²) in [6.07, 6.45) is 2.18. The van der Waals surface area contributed by atoms with Crippen LogP contribution in [0.4, 0.5) is 10.1 Å². The van der Waals surface area contributed by atoms with Gasteiger partial charge in [-0.15, -0.1) is 0 Å². The monoisotopic (exact) mass is 375 g/mol. The van der Waals surface area contributed by atoms with Gasteiger partial charge in [0.25, 0.3) is 0 Å². The summed E-state index contributed by atoms with van der Waals surface area (Å²) in [5, 5.41) is 9.59. The molecule has 27 heavy (non-hydrogen) atoms. The largest absolute Gasteiger partial charge is 0.492 e. The summed E-state index contributed by atoms with van der Waals surface area (Å²) in [5.41, 5.74) is 6.30. The molecule has 1 saturated heterocycles. The Hall–Kier alpha value is -2.61. The molecule has 144 valence electrons. The van der Waals surface area contributed by atoms with Gasteiger partial charge in [-0.3, -0.25) is 4.79 Å². The number of nitrogens with zero attached hydrogens (tertiary/aromatic N) is 2. The van der Waals surface area contributed by atoms with Crippen LogP contribution in [0.25, 0.3) is 10.9 Å². The zero-order valence-electron chi connectivity index (χ0n) is 15.0. The number of carbonyl (C=O) groups is 1. The third-order valence-electron chi connectivity index (χ3n) is 5.48. The van der Waals surface area contributed by atoms with Gasteiger partial charge in [0.05, 0.1) is 29.7 Å². The first-order chi connectivity index (χ1) is 12.9. The number of carboxylic acids is 1. The Morgan fingerprint density at radius 2 is 2.00 bits per heavy atom. The molecular formula is C19H22FN3O4. The van der Waals surface area contributed by atoms with Gasteiger partial charge < -0.3 is 25.0 Å². The fraction of sp³-hybridized carbons (Fsp3) is 0.474. The average Bonchev–Trinajstić information content (AvgIpc) is 3.38. The van der Waals surface area contributed by atoms with Crippen LogP contribution in [0.1, 0.15) is 35.7 Å². The fourth-order valence-corrected chi connectivity index (χ4v) is 3.85. The lowest BCUT2D eigenvalue weighted by molar-refractivity contribution is 0.0694. The smallest absolute Gasteiger partial charge is 0.341 e. The number of rotatable bonds is 4. The van der Waals surface area contributed by atoms with E-state index in [0.29, 0.717) is 17.7 Å². The van der Waals surface area contributed by atoms with Gasteiger partial charge in [-0.05, 0) is 25.0 Å². The maximum absolute atomic E-state index is 13.8. The van der Waals surface area contributed by atoms with E-state index in [2.05, 4.69) is 4.90 Å². The number of aromatic nitrogens is 1. The average molecular weight is 375 g/mol. The SMILES string of the molecule is COc1c(N2CCC(N)CC2)ccc2c(=O)c(C(=O)O)cn(C3CC3F)c12. The zero-order chi connectivity index (χ0) is 19.3. The number of fused-ring (bicyclic) bond motifs is 1. The van der Waals surface area contributed by atoms with Gasteiger partial charge in [-0.2, -0.15) is 0 Å². The van der Waals surface area contributed by atoms with Gasteiger partial charge in [-0.1, -0.05) is 0 Å². The molecule has 0 spiro atoms. The summed E-state index contributed by atoms with van der Waals surface area (Å²) < 4.78 is 21.0. The van der Waals surface area contributed by atoms with Gasteiger partial charge in [-0.25, -0.2) is 9.18 Å². The van der Waals surface area contributed by atoms with Crippen LogP contribution >= 0.6 is 0 Å². The lowest BCUT2D eigenvalue weighted by Crippen LogP contribution is -2.39. The molecule has 2 atom stereocenters. The highest BCUT2D eigenvalue weighted by Crippen LogP contribution is 2.44. The number of ether oxygens (including phenoxy) is 1. The molecule has 1 aliphatic heterocycles. The highest BCUT2D eigenvalue weighted by molar-refractivity contribution is 5.97. The summed E-state index contributed by atoms with van der Waals surface area (Å²) in [4.78, 5) is 26.3. The Morgan fingerprint density at radius 3 is 2.56 bits per heavy atom. The first-order valence-corrected chi connectivity index (χ1v) is 9.06. The number of piperidine rings is 1. The first kappa shape index (κ1) is 17.8. The van der Waals surface area contributed by atoms with Crippen molar-refractivity contribution in [3.63, 3.8) is 0 Å². The van der Waals surface area contributed by atoms with Gasteiger partial charge in [0.1, 0.15) is 11.7 Å². The molecule has 0 radical (unpaired) electrons. The van der Waals surface area contributed by atoms with Crippen LogP contribution in [0, 0.1) is 0 Å². The van der Waals surface area contributed by atoms with Crippen molar-refractivity contribution in [3.05, 3.63) is 34.1 Å². The number of methoxy groups -OCH3 is 1.